The van der Waals surface area contributed by atoms with E-state index in [1.54, 1.807) is 13.8 Å². The molecule has 0 saturated carbocycles. The monoisotopic (exact) mass is 690 g/mol. The smallest absolute Gasteiger partial charge is 0.416 e. The van der Waals surface area contributed by atoms with Crippen molar-refractivity contribution in [2.24, 2.45) is 0 Å². The first-order chi connectivity index (χ1) is 21.1. The van der Waals surface area contributed by atoms with Crippen LogP contribution in [-0.4, -0.2) is 81.4 Å². The quantitative estimate of drug-likeness (QED) is 0.179. The third kappa shape index (κ3) is 7.86. The zero-order valence-electron chi connectivity index (χ0n) is 25.9. The van der Waals surface area contributed by atoms with Crippen molar-refractivity contribution in [3.8, 4) is 11.5 Å². The van der Waals surface area contributed by atoms with Crippen molar-refractivity contribution in [2.75, 3.05) is 38.6 Å². The highest BCUT2D eigenvalue weighted by Crippen LogP contribution is 2.36. The highest BCUT2D eigenvalue weighted by Gasteiger charge is 2.52. The SMILES string of the molecule is COc1cc(OC)c(C(=O)CCCCN2CCC3(CC2)NC(=O)N(C(C)C)C3=O)cc1NS(=O)(=O)c1ccc(C(F)(F)F)cc1.Cl. The normalized spacial score (nSPS) is 16.7. The Hall–Kier alpha value is -3.56. The summed E-state index contributed by atoms with van der Waals surface area (Å²) in [5.41, 5.74) is -1.80. The van der Waals surface area contributed by atoms with Crippen molar-refractivity contribution < 1.29 is 45.4 Å². The second kappa shape index (κ2) is 14.5. The van der Waals surface area contributed by atoms with Gasteiger partial charge in [-0.25, -0.2) is 13.2 Å². The van der Waals surface area contributed by atoms with Gasteiger partial charge >= 0.3 is 12.2 Å². The predicted octanol–water partition coefficient (Wildman–Crippen LogP) is 5.09. The van der Waals surface area contributed by atoms with E-state index < -0.39 is 32.2 Å². The van der Waals surface area contributed by atoms with Gasteiger partial charge in [-0.2, -0.15) is 13.2 Å². The maximum atomic E-state index is 13.2. The molecule has 0 bridgehead atoms. The number of piperidine rings is 1. The van der Waals surface area contributed by atoms with E-state index in [1.165, 1.54) is 31.3 Å². The van der Waals surface area contributed by atoms with Crippen molar-refractivity contribution >= 4 is 45.8 Å². The van der Waals surface area contributed by atoms with Crippen LogP contribution in [0.1, 0.15) is 61.9 Å². The number of anilines is 1. The minimum Gasteiger partial charge on any atom is -0.496 e. The van der Waals surface area contributed by atoms with Crippen LogP contribution >= 0.6 is 12.4 Å². The number of alkyl halides is 3. The lowest BCUT2D eigenvalue weighted by Crippen LogP contribution is -2.55. The second-order valence-electron chi connectivity index (χ2n) is 11.4. The molecule has 0 aromatic heterocycles. The van der Waals surface area contributed by atoms with E-state index in [0.717, 1.165) is 12.1 Å². The van der Waals surface area contributed by atoms with E-state index in [9.17, 15) is 36.0 Å². The number of likely N-dealkylation sites (tertiary alicyclic amines) is 1. The van der Waals surface area contributed by atoms with Gasteiger partial charge in [0.1, 0.15) is 17.0 Å². The van der Waals surface area contributed by atoms with E-state index >= 15 is 0 Å². The molecule has 1 spiro atoms. The molecule has 4 rings (SSSR count). The molecule has 2 heterocycles. The van der Waals surface area contributed by atoms with Crippen LogP contribution in [0, 0.1) is 0 Å². The molecule has 0 unspecified atom stereocenters. The van der Waals surface area contributed by atoms with Gasteiger partial charge in [-0.05, 0) is 76.4 Å². The van der Waals surface area contributed by atoms with Gasteiger partial charge in [0.05, 0.1) is 35.9 Å². The molecule has 0 aliphatic carbocycles. The fraction of sp³-hybridized carbons (Fsp3) is 0.500. The summed E-state index contributed by atoms with van der Waals surface area (Å²) < 4.78 is 77.7. The Morgan fingerprint density at radius 1 is 1.02 bits per heavy atom. The molecule has 254 valence electrons. The number of halogens is 4. The number of hydrogen-bond donors (Lipinski definition) is 2. The molecule has 0 radical (unpaired) electrons. The number of Topliss-reactive ketones (excluding diaryl/α,β-unsaturated/α-hetero) is 1. The number of sulfonamides is 1. The van der Waals surface area contributed by atoms with Crippen LogP contribution in [0.2, 0.25) is 0 Å². The fourth-order valence-corrected chi connectivity index (χ4v) is 6.65. The number of nitrogens with zero attached hydrogens (tertiary/aromatic N) is 2. The van der Waals surface area contributed by atoms with Crippen molar-refractivity contribution in [1.82, 2.24) is 15.1 Å². The highest BCUT2D eigenvalue weighted by atomic mass is 35.5. The summed E-state index contributed by atoms with van der Waals surface area (Å²) in [6.07, 6.45) is -2.25. The molecule has 2 fully saturated rings. The van der Waals surface area contributed by atoms with Gasteiger partial charge in [-0.15, -0.1) is 12.4 Å². The molecule has 2 aromatic carbocycles. The number of ether oxygens (including phenoxy) is 2. The maximum absolute atomic E-state index is 13.2. The van der Waals surface area contributed by atoms with Crippen LogP contribution in [0.5, 0.6) is 11.5 Å². The van der Waals surface area contributed by atoms with E-state index in [0.29, 0.717) is 57.5 Å². The summed E-state index contributed by atoms with van der Waals surface area (Å²) in [5.74, 6) is -0.248. The van der Waals surface area contributed by atoms with Gasteiger partial charge < -0.3 is 19.7 Å². The van der Waals surface area contributed by atoms with Crippen molar-refractivity contribution in [3.05, 3.63) is 47.5 Å². The van der Waals surface area contributed by atoms with Gasteiger partial charge in [0, 0.05) is 31.6 Å². The number of hydrogen-bond acceptors (Lipinski definition) is 8. The van der Waals surface area contributed by atoms with Gasteiger partial charge in [-0.3, -0.25) is 19.2 Å². The van der Waals surface area contributed by atoms with Gasteiger partial charge in [0.15, 0.2) is 5.78 Å². The van der Waals surface area contributed by atoms with Crippen molar-refractivity contribution in [1.29, 1.82) is 0 Å². The predicted molar refractivity (Wildman–Crippen MR) is 166 cm³/mol. The van der Waals surface area contributed by atoms with Crippen LogP contribution in [0.25, 0.3) is 0 Å². The standard InChI is InChI=1S/C30H37F3N4O7S.ClH/c1-19(2)37-27(39)29(34-28(37)40)12-15-36(16-13-29)14-6-5-7-24(38)22-17-23(26(44-4)18-25(22)43-3)35-45(41,42)21-10-8-20(9-11-21)30(31,32)33;/h8-11,17-19,35H,5-7,12-16H2,1-4H3,(H,34,40);1H. The third-order valence-electron chi connectivity index (χ3n) is 8.11. The maximum Gasteiger partial charge on any atom is 0.416 e. The number of urea groups is 1. The first kappa shape index (κ1) is 36.9. The first-order valence-corrected chi connectivity index (χ1v) is 16.0. The Bertz CT molecular complexity index is 1540. The molecule has 46 heavy (non-hydrogen) atoms. The number of unbranched alkanes of at least 4 members (excludes halogenated alkanes) is 1. The lowest BCUT2D eigenvalue weighted by Gasteiger charge is -2.37. The minimum atomic E-state index is -4.62. The molecule has 2 N–H and O–H groups in total. The number of rotatable bonds is 12. The average molecular weight is 691 g/mol. The highest BCUT2D eigenvalue weighted by molar-refractivity contribution is 7.92. The molecular formula is C30H38ClF3N4O7S. The molecule has 2 aliphatic rings. The number of carbonyl (C=O) groups is 3. The number of benzene rings is 2. The Morgan fingerprint density at radius 3 is 2.15 bits per heavy atom. The van der Waals surface area contributed by atoms with Gasteiger partial charge in [-0.1, -0.05) is 0 Å². The Kier molecular flexibility index (Phi) is 11.6. The Morgan fingerprint density at radius 2 is 1.63 bits per heavy atom. The number of methoxy groups -OCH3 is 2. The zero-order chi connectivity index (χ0) is 33.2. The van der Waals surface area contributed by atoms with Gasteiger partial charge in [0.25, 0.3) is 15.9 Å². The first-order valence-electron chi connectivity index (χ1n) is 14.5. The number of nitrogens with one attached hydrogen (secondary N) is 2. The summed E-state index contributed by atoms with van der Waals surface area (Å²) in [6, 6.07) is 5.11. The largest absolute Gasteiger partial charge is 0.496 e. The molecular weight excluding hydrogens is 653 g/mol. The Balaban J connectivity index is 0.00000576. The van der Waals surface area contributed by atoms with E-state index in [-0.39, 0.29) is 65.3 Å². The van der Waals surface area contributed by atoms with E-state index in [1.807, 2.05) is 0 Å². The molecule has 0 atom stereocenters. The summed E-state index contributed by atoms with van der Waals surface area (Å²) in [4.78, 5) is 41.5. The molecule has 11 nitrogen and oxygen atoms in total. The summed E-state index contributed by atoms with van der Waals surface area (Å²) >= 11 is 0. The fourth-order valence-electron chi connectivity index (χ4n) is 5.59. The second-order valence-corrected chi connectivity index (χ2v) is 13.1. The lowest BCUT2D eigenvalue weighted by molar-refractivity contribution is -0.137. The number of ketones is 1. The summed E-state index contributed by atoms with van der Waals surface area (Å²) in [6.45, 7) is 5.55. The van der Waals surface area contributed by atoms with E-state index in [4.69, 9.17) is 9.47 Å². The molecule has 2 saturated heterocycles. The average Bonchev–Trinajstić information content (AvgIpc) is 3.23. The number of carbonyl (C=O) groups excluding carboxylic acids is 3. The minimum absolute atomic E-state index is 0. The topological polar surface area (TPSA) is 134 Å². The molecule has 2 aromatic rings. The molecule has 2 aliphatic heterocycles. The van der Waals surface area contributed by atoms with Crippen LogP contribution in [0.15, 0.2) is 41.3 Å². The zero-order valence-corrected chi connectivity index (χ0v) is 27.5. The number of amides is 3. The number of imide groups is 1. The van der Waals surface area contributed by atoms with Crippen molar-refractivity contribution in [2.45, 2.75) is 68.6 Å². The summed E-state index contributed by atoms with van der Waals surface area (Å²) in [5, 5.41) is 2.89. The van der Waals surface area contributed by atoms with Crippen LogP contribution in [-0.2, 0) is 21.0 Å². The Labute approximate surface area is 272 Å². The third-order valence-corrected chi connectivity index (χ3v) is 9.49. The van der Waals surface area contributed by atoms with Crippen LogP contribution < -0.4 is 19.5 Å². The molecule has 3 amide bonds. The van der Waals surface area contributed by atoms with Crippen LogP contribution in [0.3, 0.4) is 0 Å². The van der Waals surface area contributed by atoms with Crippen LogP contribution in [0.4, 0.5) is 23.7 Å². The summed E-state index contributed by atoms with van der Waals surface area (Å²) in [7, 11) is -1.67. The van der Waals surface area contributed by atoms with Gasteiger partial charge in [0.2, 0.25) is 0 Å². The molecule has 16 heteroatoms. The van der Waals surface area contributed by atoms with E-state index in [2.05, 4.69) is 14.9 Å². The lowest BCUT2D eigenvalue weighted by atomic mass is 9.87. The van der Waals surface area contributed by atoms with Crippen molar-refractivity contribution in [3.63, 3.8) is 0 Å².